The highest BCUT2D eigenvalue weighted by Crippen LogP contribution is 2.28. The third-order valence-electron chi connectivity index (χ3n) is 4.48. The first-order chi connectivity index (χ1) is 11.4. The van der Waals surface area contributed by atoms with Crippen LogP contribution in [0.4, 0.5) is 5.88 Å². The van der Waals surface area contributed by atoms with E-state index in [2.05, 4.69) is 0 Å². The quantitative estimate of drug-likeness (QED) is 0.909. The van der Waals surface area contributed by atoms with E-state index >= 15 is 0 Å². The highest BCUT2D eigenvalue weighted by molar-refractivity contribution is 5.82. The van der Waals surface area contributed by atoms with Crippen LogP contribution in [-0.2, 0) is 4.79 Å². The summed E-state index contributed by atoms with van der Waals surface area (Å²) in [6.07, 6.45) is -0.722. The van der Waals surface area contributed by atoms with Crippen molar-refractivity contribution in [2.75, 3.05) is 31.1 Å². The largest absolute Gasteiger partial charge is 0.440 e. The van der Waals surface area contributed by atoms with Gasteiger partial charge < -0.3 is 19.3 Å². The molecule has 6 nitrogen and oxygen atoms in total. The summed E-state index contributed by atoms with van der Waals surface area (Å²) in [6, 6.07) is 5.12. The number of aliphatic hydroxyl groups is 1. The zero-order chi connectivity index (χ0) is 17.4. The minimum absolute atomic E-state index is 0.0569. The summed E-state index contributed by atoms with van der Waals surface area (Å²) in [5, 5.41) is 10.5. The van der Waals surface area contributed by atoms with Crippen LogP contribution in [0.5, 0.6) is 0 Å². The summed E-state index contributed by atoms with van der Waals surface area (Å²) in [7, 11) is 0. The second-order valence-electron chi connectivity index (χ2n) is 6.35. The minimum Gasteiger partial charge on any atom is -0.440 e. The molecule has 1 amide bonds. The van der Waals surface area contributed by atoms with Gasteiger partial charge in [-0.15, -0.1) is 0 Å². The molecule has 1 aromatic carbocycles. The van der Waals surface area contributed by atoms with E-state index in [1.54, 1.807) is 24.8 Å². The third kappa shape index (κ3) is 3.01. The van der Waals surface area contributed by atoms with Gasteiger partial charge in [0.25, 0.3) is 0 Å². The van der Waals surface area contributed by atoms with Crippen molar-refractivity contribution in [2.45, 2.75) is 26.9 Å². The number of fused-ring (bicyclic) bond motifs is 1. The molecule has 0 radical (unpaired) electrons. The van der Waals surface area contributed by atoms with Crippen molar-refractivity contribution in [3.05, 3.63) is 39.5 Å². The predicted molar refractivity (Wildman–Crippen MR) is 92.3 cm³/mol. The molecule has 1 aromatic heterocycles. The lowest BCUT2D eigenvalue weighted by Gasteiger charge is -2.34. The first-order valence-electron chi connectivity index (χ1n) is 8.13. The first kappa shape index (κ1) is 16.5. The highest BCUT2D eigenvalue weighted by atomic mass is 16.4. The summed E-state index contributed by atoms with van der Waals surface area (Å²) < 4.78 is 5.99. The maximum atomic E-state index is 12.5. The van der Waals surface area contributed by atoms with Gasteiger partial charge in [0.2, 0.25) is 5.91 Å². The zero-order valence-corrected chi connectivity index (χ0v) is 14.2. The van der Waals surface area contributed by atoms with Gasteiger partial charge in [0.1, 0.15) is 5.58 Å². The smallest absolute Gasteiger partial charge is 0.219 e. The van der Waals surface area contributed by atoms with E-state index < -0.39 is 6.10 Å². The second kappa shape index (κ2) is 6.28. The van der Waals surface area contributed by atoms with E-state index in [1.165, 1.54) is 6.07 Å². The standard InChI is InChI=1S/C18H22N2O4/c1-11-8-14(12(2)21)18-15(9-11)16(23)10-17(24-18)20-6-4-19(5-7-20)13(3)22/h8-10,12,21H,4-7H2,1-3H3. The zero-order valence-electron chi connectivity index (χ0n) is 14.2. The summed E-state index contributed by atoms with van der Waals surface area (Å²) in [4.78, 5) is 27.7. The van der Waals surface area contributed by atoms with Gasteiger partial charge in [-0.2, -0.15) is 0 Å². The summed E-state index contributed by atoms with van der Waals surface area (Å²) >= 11 is 0. The number of hydrogen-bond acceptors (Lipinski definition) is 5. The van der Waals surface area contributed by atoms with Gasteiger partial charge in [-0.25, -0.2) is 0 Å². The molecule has 2 heterocycles. The van der Waals surface area contributed by atoms with Crippen LogP contribution in [0.15, 0.2) is 27.4 Å². The second-order valence-corrected chi connectivity index (χ2v) is 6.35. The molecular formula is C18H22N2O4. The fourth-order valence-corrected chi connectivity index (χ4v) is 3.13. The number of benzene rings is 1. The Morgan fingerprint density at radius 2 is 1.88 bits per heavy atom. The molecule has 1 fully saturated rings. The van der Waals surface area contributed by atoms with Crippen LogP contribution in [0.1, 0.15) is 31.1 Å². The van der Waals surface area contributed by atoms with Crippen molar-refractivity contribution in [1.82, 2.24) is 4.90 Å². The number of aliphatic hydroxyl groups excluding tert-OH is 1. The molecule has 0 aliphatic carbocycles. The minimum atomic E-state index is -0.722. The van der Waals surface area contributed by atoms with E-state index in [1.807, 2.05) is 17.9 Å². The van der Waals surface area contributed by atoms with Crippen molar-refractivity contribution in [1.29, 1.82) is 0 Å². The van der Waals surface area contributed by atoms with Crippen LogP contribution in [0.2, 0.25) is 0 Å². The van der Waals surface area contributed by atoms with E-state index in [4.69, 9.17) is 4.42 Å². The molecule has 1 aliphatic rings. The summed E-state index contributed by atoms with van der Waals surface area (Å²) in [5.41, 5.74) is 1.85. The molecule has 2 aromatic rings. The van der Waals surface area contributed by atoms with Crippen LogP contribution >= 0.6 is 0 Å². The van der Waals surface area contributed by atoms with Crippen LogP contribution < -0.4 is 10.3 Å². The third-order valence-corrected chi connectivity index (χ3v) is 4.48. The van der Waals surface area contributed by atoms with Gasteiger partial charge in [-0.1, -0.05) is 0 Å². The molecule has 0 bridgehead atoms. The number of carbonyl (C=O) groups is 1. The molecule has 24 heavy (non-hydrogen) atoms. The van der Waals surface area contributed by atoms with Gasteiger partial charge in [-0.05, 0) is 31.5 Å². The van der Waals surface area contributed by atoms with Gasteiger partial charge in [0, 0.05) is 44.7 Å². The lowest BCUT2D eigenvalue weighted by atomic mass is 10.0. The molecule has 128 valence electrons. The normalized spacial score (nSPS) is 16.5. The molecule has 1 N–H and O–H groups in total. The van der Waals surface area contributed by atoms with Crippen molar-refractivity contribution in [2.24, 2.45) is 0 Å². The Morgan fingerprint density at radius 3 is 2.46 bits per heavy atom. The molecular weight excluding hydrogens is 308 g/mol. The molecule has 1 saturated heterocycles. The first-order valence-corrected chi connectivity index (χ1v) is 8.13. The Hall–Kier alpha value is -2.34. The number of rotatable bonds is 2. The van der Waals surface area contributed by atoms with E-state index in [0.717, 1.165) is 5.56 Å². The van der Waals surface area contributed by atoms with E-state index in [9.17, 15) is 14.7 Å². The number of nitrogens with zero attached hydrogens (tertiary/aromatic N) is 2. The van der Waals surface area contributed by atoms with Crippen LogP contribution in [0, 0.1) is 6.92 Å². The lowest BCUT2D eigenvalue weighted by Crippen LogP contribution is -2.48. The Bertz CT molecular complexity index is 833. The topological polar surface area (TPSA) is 74.0 Å². The lowest BCUT2D eigenvalue weighted by molar-refractivity contribution is -0.129. The van der Waals surface area contributed by atoms with Crippen molar-refractivity contribution < 1.29 is 14.3 Å². The van der Waals surface area contributed by atoms with Crippen molar-refractivity contribution in [3.8, 4) is 0 Å². The number of piperazine rings is 1. The molecule has 0 saturated carbocycles. The molecule has 1 atom stereocenters. The Labute approximate surface area is 140 Å². The summed E-state index contributed by atoms with van der Waals surface area (Å²) in [6.45, 7) is 7.55. The van der Waals surface area contributed by atoms with Gasteiger partial charge >= 0.3 is 0 Å². The number of hydrogen-bond donors (Lipinski definition) is 1. The average molecular weight is 330 g/mol. The maximum Gasteiger partial charge on any atom is 0.219 e. The highest BCUT2D eigenvalue weighted by Gasteiger charge is 2.22. The van der Waals surface area contributed by atoms with Crippen molar-refractivity contribution in [3.63, 3.8) is 0 Å². The predicted octanol–water partition coefficient (Wildman–Crippen LogP) is 1.82. The van der Waals surface area contributed by atoms with Gasteiger partial charge in [0.05, 0.1) is 11.5 Å². The SMILES string of the molecule is CC(=O)N1CCN(c2cc(=O)c3cc(C)cc(C(C)O)c3o2)CC1. The van der Waals surface area contributed by atoms with E-state index in [0.29, 0.717) is 48.6 Å². The number of anilines is 1. The number of amides is 1. The number of aryl methyl sites for hydroxylation is 1. The Balaban J connectivity index is 2.02. The molecule has 1 aliphatic heterocycles. The van der Waals surface area contributed by atoms with Gasteiger partial charge in [-0.3, -0.25) is 9.59 Å². The molecule has 1 unspecified atom stereocenters. The Kier molecular flexibility index (Phi) is 4.32. The van der Waals surface area contributed by atoms with Gasteiger partial charge in [0.15, 0.2) is 11.3 Å². The fourth-order valence-electron chi connectivity index (χ4n) is 3.13. The van der Waals surface area contributed by atoms with E-state index in [-0.39, 0.29) is 11.3 Å². The summed E-state index contributed by atoms with van der Waals surface area (Å²) in [5.74, 6) is 0.544. The molecule has 0 spiro atoms. The molecule has 3 rings (SSSR count). The van der Waals surface area contributed by atoms with Crippen molar-refractivity contribution >= 4 is 22.8 Å². The Morgan fingerprint density at radius 1 is 1.21 bits per heavy atom. The number of carbonyl (C=O) groups excluding carboxylic acids is 1. The monoisotopic (exact) mass is 330 g/mol. The van der Waals surface area contributed by atoms with Crippen LogP contribution in [-0.4, -0.2) is 42.1 Å². The molecule has 6 heteroatoms. The van der Waals surface area contributed by atoms with Crippen LogP contribution in [0.25, 0.3) is 11.0 Å². The maximum absolute atomic E-state index is 12.5. The van der Waals surface area contributed by atoms with Crippen LogP contribution in [0.3, 0.4) is 0 Å². The fraction of sp³-hybridized carbons (Fsp3) is 0.444. The average Bonchev–Trinajstić information content (AvgIpc) is 2.54.